The van der Waals surface area contributed by atoms with Gasteiger partial charge in [0.05, 0.1) is 0 Å². The number of hydrogen-bond acceptors (Lipinski definition) is 2. The van der Waals surface area contributed by atoms with Crippen LogP contribution in [0.1, 0.15) is 18.1 Å². The molecule has 0 spiro atoms. The third-order valence-corrected chi connectivity index (χ3v) is 2.46. The fraction of sp³-hybridized carbons (Fsp3) is 0.133. The molecule has 0 heterocycles. The highest BCUT2D eigenvalue weighted by Gasteiger charge is 2.07. The number of nitrogens with zero attached hydrogens (tertiary/aromatic N) is 1. The van der Waals surface area contributed by atoms with Crippen LogP contribution in [-0.2, 0) is 4.84 Å². The van der Waals surface area contributed by atoms with Gasteiger partial charge in [0.2, 0.25) is 0 Å². The van der Waals surface area contributed by atoms with Crippen LogP contribution in [0.15, 0.2) is 65.8 Å². The smallest absolute Gasteiger partial charge is 0.197 e. The molecule has 0 bridgehead atoms. The van der Waals surface area contributed by atoms with Gasteiger partial charge >= 0.3 is 0 Å². The molecule has 1 atom stereocenters. The molecule has 18 heavy (non-hydrogen) atoms. The van der Waals surface area contributed by atoms with E-state index in [1.54, 1.807) is 6.92 Å². The summed E-state index contributed by atoms with van der Waals surface area (Å²) in [6, 6.07) is 19.8. The average molecular weight is 260 g/mol. The minimum Gasteiger partial charge on any atom is -0.376 e. The second-order valence-corrected chi connectivity index (χ2v) is 4.43. The lowest BCUT2D eigenvalue weighted by molar-refractivity contribution is 0.129. The summed E-state index contributed by atoms with van der Waals surface area (Å²) in [5, 5.41) is 4.15. The summed E-state index contributed by atoms with van der Waals surface area (Å²) < 4.78 is 0. The van der Waals surface area contributed by atoms with Crippen molar-refractivity contribution in [1.29, 1.82) is 0 Å². The zero-order chi connectivity index (χ0) is 12.8. The van der Waals surface area contributed by atoms with Gasteiger partial charge in [-0.25, -0.2) is 0 Å². The molecule has 2 aromatic carbocycles. The average Bonchev–Trinajstić information content (AvgIpc) is 2.41. The first-order valence-electron chi connectivity index (χ1n) is 5.76. The molecular formula is C15H14ClNO. The van der Waals surface area contributed by atoms with Crippen LogP contribution in [0.2, 0.25) is 0 Å². The summed E-state index contributed by atoms with van der Waals surface area (Å²) >= 11 is 5.77. The van der Waals surface area contributed by atoms with Crippen LogP contribution in [0.3, 0.4) is 0 Å². The van der Waals surface area contributed by atoms with Crippen LogP contribution in [0.5, 0.6) is 0 Å². The van der Waals surface area contributed by atoms with E-state index in [9.17, 15) is 0 Å². The maximum Gasteiger partial charge on any atom is 0.197 e. The molecule has 92 valence electrons. The Kier molecular flexibility index (Phi) is 4.37. The van der Waals surface area contributed by atoms with Gasteiger partial charge < -0.3 is 4.84 Å². The fourth-order valence-corrected chi connectivity index (χ4v) is 1.63. The van der Waals surface area contributed by atoms with Gasteiger partial charge in [0, 0.05) is 11.1 Å². The number of alkyl halides is 1. The molecule has 0 saturated carbocycles. The van der Waals surface area contributed by atoms with Crippen LogP contribution in [0.4, 0.5) is 0 Å². The molecular weight excluding hydrogens is 246 g/mol. The normalized spacial score (nSPS) is 11.7. The van der Waals surface area contributed by atoms with Crippen molar-refractivity contribution in [3.8, 4) is 0 Å². The maximum absolute atomic E-state index is 5.77. The van der Waals surface area contributed by atoms with E-state index in [4.69, 9.17) is 16.4 Å². The fourth-order valence-electron chi connectivity index (χ4n) is 1.59. The van der Waals surface area contributed by atoms with E-state index in [2.05, 4.69) is 5.16 Å². The van der Waals surface area contributed by atoms with Gasteiger partial charge in [0.15, 0.2) is 5.56 Å². The largest absolute Gasteiger partial charge is 0.376 e. The minimum atomic E-state index is -0.451. The second kappa shape index (κ2) is 6.22. The standard InChI is InChI=1S/C15H14ClNO/c1-12(16)18-17-15(13-8-4-2-5-9-13)14-10-6-3-7-11-14/h2-12H,1H3. The Morgan fingerprint density at radius 3 is 1.78 bits per heavy atom. The summed E-state index contributed by atoms with van der Waals surface area (Å²) in [5.41, 5.74) is 2.33. The second-order valence-electron chi connectivity index (χ2n) is 3.82. The Balaban J connectivity index is 2.39. The van der Waals surface area contributed by atoms with Crippen molar-refractivity contribution in [2.24, 2.45) is 5.16 Å². The van der Waals surface area contributed by atoms with Gasteiger partial charge in [-0.2, -0.15) is 0 Å². The predicted molar refractivity (Wildman–Crippen MR) is 74.9 cm³/mol. The van der Waals surface area contributed by atoms with Gasteiger partial charge in [-0.1, -0.05) is 77.4 Å². The lowest BCUT2D eigenvalue weighted by Crippen LogP contribution is -2.05. The van der Waals surface area contributed by atoms with Crippen molar-refractivity contribution in [2.75, 3.05) is 0 Å². The highest BCUT2D eigenvalue weighted by Crippen LogP contribution is 2.12. The number of rotatable bonds is 4. The Hall–Kier alpha value is -1.80. The first-order chi connectivity index (χ1) is 8.77. The highest BCUT2D eigenvalue weighted by atomic mass is 35.5. The molecule has 0 aliphatic carbocycles. The third-order valence-electron chi connectivity index (χ3n) is 2.38. The van der Waals surface area contributed by atoms with Crippen molar-refractivity contribution < 1.29 is 4.84 Å². The third kappa shape index (κ3) is 3.34. The zero-order valence-electron chi connectivity index (χ0n) is 10.1. The van der Waals surface area contributed by atoms with E-state index in [-0.39, 0.29) is 0 Å². The van der Waals surface area contributed by atoms with E-state index in [1.165, 1.54) is 0 Å². The summed E-state index contributed by atoms with van der Waals surface area (Å²) in [6.45, 7) is 1.73. The SMILES string of the molecule is CC(Cl)ON=C(c1ccccc1)c1ccccc1. The molecule has 0 aliphatic rings. The molecule has 2 aromatic rings. The van der Waals surface area contributed by atoms with Gasteiger partial charge in [-0.15, -0.1) is 0 Å². The number of oxime groups is 1. The number of benzene rings is 2. The van der Waals surface area contributed by atoms with Crippen LogP contribution >= 0.6 is 11.6 Å². The number of halogens is 1. The summed E-state index contributed by atoms with van der Waals surface area (Å²) in [6.07, 6.45) is 0. The molecule has 0 radical (unpaired) electrons. The molecule has 0 amide bonds. The van der Waals surface area contributed by atoms with Crippen molar-refractivity contribution in [2.45, 2.75) is 12.5 Å². The summed E-state index contributed by atoms with van der Waals surface area (Å²) in [7, 11) is 0. The van der Waals surface area contributed by atoms with Crippen LogP contribution < -0.4 is 0 Å². The van der Waals surface area contributed by atoms with Crippen molar-refractivity contribution in [3.63, 3.8) is 0 Å². The quantitative estimate of drug-likeness (QED) is 0.461. The van der Waals surface area contributed by atoms with Gasteiger partial charge in [-0.05, 0) is 6.92 Å². The van der Waals surface area contributed by atoms with E-state index >= 15 is 0 Å². The molecule has 1 unspecified atom stereocenters. The molecule has 0 aromatic heterocycles. The van der Waals surface area contributed by atoms with Crippen LogP contribution in [0, 0.1) is 0 Å². The Labute approximate surface area is 112 Å². The molecule has 2 nitrogen and oxygen atoms in total. The topological polar surface area (TPSA) is 21.6 Å². The Bertz CT molecular complexity index is 467. The molecule has 0 saturated heterocycles. The molecule has 0 fully saturated rings. The van der Waals surface area contributed by atoms with Crippen LogP contribution in [-0.4, -0.2) is 11.3 Å². The van der Waals surface area contributed by atoms with Crippen LogP contribution in [0.25, 0.3) is 0 Å². The van der Waals surface area contributed by atoms with Gasteiger partial charge in [-0.3, -0.25) is 0 Å². The van der Waals surface area contributed by atoms with Crippen molar-refractivity contribution >= 4 is 17.3 Å². The molecule has 0 aliphatic heterocycles. The lowest BCUT2D eigenvalue weighted by atomic mass is 10.0. The zero-order valence-corrected chi connectivity index (χ0v) is 10.8. The van der Waals surface area contributed by atoms with E-state index in [0.29, 0.717) is 0 Å². The van der Waals surface area contributed by atoms with E-state index in [1.807, 2.05) is 60.7 Å². The van der Waals surface area contributed by atoms with Crippen molar-refractivity contribution in [3.05, 3.63) is 71.8 Å². The molecule has 3 heteroatoms. The summed E-state index contributed by atoms with van der Waals surface area (Å²) in [4.78, 5) is 5.17. The van der Waals surface area contributed by atoms with E-state index in [0.717, 1.165) is 16.8 Å². The Morgan fingerprint density at radius 2 is 1.39 bits per heavy atom. The van der Waals surface area contributed by atoms with E-state index < -0.39 is 5.56 Å². The van der Waals surface area contributed by atoms with Crippen molar-refractivity contribution in [1.82, 2.24) is 0 Å². The first kappa shape index (κ1) is 12.7. The Morgan fingerprint density at radius 1 is 0.944 bits per heavy atom. The monoisotopic (exact) mass is 259 g/mol. The minimum absolute atomic E-state index is 0.451. The molecule has 0 N–H and O–H groups in total. The first-order valence-corrected chi connectivity index (χ1v) is 6.20. The molecule has 2 rings (SSSR count). The van der Waals surface area contributed by atoms with Gasteiger partial charge in [0.1, 0.15) is 5.71 Å². The lowest BCUT2D eigenvalue weighted by Gasteiger charge is -2.08. The number of hydrogen-bond donors (Lipinski definition) is 0. The van der Waals surface area contributed by atoms with Gasteiger partial charge in [0.25, 0.3) is 0 Å². The maximum atomic E-state index is 5.77. The predicted octanol–water partition coefficient (Wildman–Crippen LogP) is 4.04. The highest BCUT2D eigenvalue weighted by molar-refractivity contribution is 6.19. The summed E-state index contributed by atoms with van der Waals surface area (Å²) in [5.74, 6) is 0.